The Bertz CT molecular complexity index is 1040. The standard InChI is InChI=1S/C29H42BN3O5/c1-28(2)29(3,4)38-30(37-28)24-16-12-22(13-17-24)21-36-32-26(34)11-9-7-8-10-20-31-27(35)23-14-18-25(19-15-23)33(5)6/h12-19H,7-11,20-21H2,1-6H3,(H,31,35)(H,32,34). The van der Waals surface area contributed by atoms with Crippen molar-refractivity contribution in [3.05, 3.63) is 59.7 Å². The SMILES string of the molecule is CN(C)c1ccc(C(=O)NCCCCCCC(=O)NOCc2ccc(B3OC(C)(C)C(C)(C)O3)cc2)cc1. The largest absolute Gasteiger partial charge is 0.494 e. The van der Waals surface area contributed by atoms with Gasteiger partial charge >= 0.3 is 7.12 Å². The van der Waals surface area contributed by atoms with E-state index < -0.39 is 7.12 Å². The third-order valence-corrected chi connectivity index (χ3v) is 7.19. The molecule has 1 aliphatic heterocycles. The van der Waals surface area contributed by atoms with Gasteiger partial charge in [0.05, 0.1) is 17.8 Å². The number of hydrogen-bond acceptors (Lipinski definition) is 6. The molecule has 2 aromatic carbocycles. The van der Waals surface area contributed by atoms with Gasteiger partial charge < -0.3 is 19.5 Å². The summed E-state index contributed by atoms with van der Waals surface area (Å²) in [5, 5.41) is 2.95. The molecule has 0 atom stereocenters. The van der Waals surface area contributed by atoms with Crippen molar-refractivity contribution in [2.45, 2.75) is 77.6 Å². The average molecular weight is 523 g/mol. The molecule has 0 radical (unpaired) electrons. The van der Waals surface area contributed by atoms with Crippen LogP contribution in [-0.2, 0) is 25.5 Å². The predicted octanol–water partition coefficient (Wildman–Crippen LogP) is 3.98. The second-order valence-corrected chi connectivity index (χ2v) is 11.0. The fourth-order valence-electron chi connectivity index (χ4n) is 3.98. The monoisotopic (exact) mass is 523 g/mol. The van der Waals surface area contributed by atoms with Crippen molar-refractivity contribution >= 4 is 30.1 Å². The van der Waals surface area contributed by atoms with Crippen molar-refractivity contribution in [1.82, 2.24) is 10.8 Å². The van der Waals surface area contributed by atoms with E-state index in [4.69, 9.17) is 14.1 Å². The minimum Gasteiger partial charge on any atom is -0.399 e. The Labute approximate surface area is 227 Å². The molecule has 3 rings (SSSR count). The minimum atomic E-state index is -0.397. The van der Waals surface area contributed by atoms with Crippen LogP contribution in [0, 0.1) is 0 Å². The van der Waals surface area contributed by atoms with Crippen LogP contribution in [0.2, 0.25) is 0 Å². The van der Waals surface area contributed by atoms with Gasteiger partial charge in [0.15, 0.2) is 0 Å². The van der Waals surface area contributed by atoms with Gasteiger partial charge in [-0.3, -0.25) is 14.4 Å². The van der Waals surface area contributed by atoms with Crippen molar-refractivity contribution in [1.29, 1.82) is 0 Å². The van der Waals surface area contributed by atoms with Crippen molar-refractivity contribution < 1.29 is 23.7 Å². The molecular formula is C29H42BN3O5. The van der Waals surface area contributed by atoms with Crippen molar-refractivity contribution in [3.8, 4) is 0 Å². The molecule has 0 aliphatic carbocycles. The first-order valence-corrected chi connectivity index (χ1v) is 13.4. The summed E-state index contributed by atoms with van der Waals surface area (Å²) in [4.78, 5) is 31.7. The zero-order valence-corrected chi connectivity index (χ0v) is 23.6. The summed E-state index contributed by atoms with van der Waals surface area (Å²) >= 11 is 0. The summed E-state index contributed by atoms with van der Waals surface area (Å²) in [5.41, 5.74) is 5.39. The Morgan fingerprint density at radius 1 is 0.868 bits per heavy atom. The van der Waals surface area contributed by atoms with Crippen LogP contribution in [0.1, 0.15) is 75.7 Å². The molecule has 9 heteroatoms. The number of hydrogen-bond donors (Lipinski definition) is 2. The highest BCUT2D eigenvalue weighted by atomic mass is 16.7. The van der Waals surface area contributed by atoms with Gasteiger partial charge in [0.2, 0.25) is 5.91 Å². The Kier molecular flexibility index (Phi) is 10.4. The van der Waals surface area contributed by atoms with Gasteiger partial charge in [0, 0.05) is 38.3 Å². The number of hydroxylamine groups is 1. The van der Waals surface area contributed by atoms with Gasteiger partial charge in [-0.1, -0.05) is 37.1 Å². The molecule has 38 heavy (non-hydrogen) atoms. The smallest absolute Gasteiger partial charge is 0.399 e. The molecule has 0 bridgehead atoms. The lowest BCUT2D eigenvalue weighted by molar-refractivity contribution is -0.134. The highest BCUT2D eigenvalue weighted by molar-refractivity contribution is 6.62. The summed E-state index contributed by atoms with van der Waals surface area (Å²) in [5.74, 6) is -0.192. The zero-order chi connectivity index (χ0) is 27.8. The van der Waals surface area contributed by atoms with Crippen LogP contribution >= 0.6 is 0 Å². The van der Waals surface area contributed by atoms with Crippen LogP contribution in [0.25, 0.3) is 0 Å². The highest BCUT2D eigenvalue weighted by Gasteiger charge is 2.51. The molecule has 8 nitrogen and oxygen atoms in total. The number of rotatable bonds is 13. The van der Waals surface area contributed by atoms with E-state index in [0.29, 0.717) is 18.5 Å². The zero-order valence-electron chi connectivity index (χ0n) is 23.6. The Morgan fingerprint density at radius 3 is 2.08 bits per heavy atom. The van der Waals surface area contributed by atoms with Crippen LogP contribution in [0.5, 0.6) is 0 Å². The maximum absolute atomic E-state index is 12.2. The number of amides is 2. The highest BCUT2D eigenvalue weighted by Crippen LogP contribution is 2.36. The van der Waals surface area contributed by atoms with Crippen LogP contribution in [0.3, 0.4) is 0 Å². The summed E-state index contributed by atoms with van der Waals surface area (Å²) in [7, 11) is 3.54. The molecule has 1 aliphatic rings. The Balaban J connectivity index is 1.23. The lowest BCUT2D eigenvalue weighted by Gasteiger charge is -2.32. The predicted molar refractivity (Wildman–Crippen MR) is 151 cm³/mol. The fraction of sp³-hybridized carbons (Fsp3) is 0.517. The number of nitrogens with zero attached hydrogens (tertiary/aromatic N) is 1. The lowest BCUT2D eigenvalue weighted by atomic mass is 9.79. The number of unbranched alkanes of at least 4 members (excludes halogenated alkanes) is 3. The Hall–Kier alpha value is -2.88. The summed E-state index contributed by atoms with van der Waals surface area (Å²) in [6.07, 6.45) is 3.93. The molecular weight excluding hydrogens is 481 g/mol. The number of anilines is 1. The molecule has 0 unspecified atom stereocenters. The van der Waals surface area contributed by atoms with E-state index in [-0.39, 0.29) is 29.6 Å². The number of carbonyl (C=O) groups is 2. The van der Waals surface area contributed by atoms with E-state index >= 15 is 0 Å². The van der Waals surface area contributed by atoms with Gasteiger partial charge in [0.1, 0.15) is 0 Å². The van der Waals surface area contributed by atoms with E-state index in [1.807, 2.05) is 95.2 Å². The molecule has 206 valence electrons. The number of nitrogens with one attached hydrogen (secondary N) is 2. The molecule has 1 heterocycles. The first-order chi connectivity index (χ1) is 18.0. The molecule has 2 aromatic rings. The fourth-order valence-corrected chi connectivity index (χ4v) is 3.98. The van der Waals surface area contributed by atoms with Gasteiger partial charge in [-0.15, -0.1) is 0 Å². The third kappa shape index (κ3) is 8.31. The maximum Gasteiger partial charge on any atom is 0.494 e. The van der Waals surface area contributed by atoms with Crippen LogP contribution < -0.4 is 21.2 Å². The van der Waals surface area contributed by atoms with Crippen molar-refractivity contribution in [3.63, 3.8) is 0 Å². The summed E-state index contributed by atoms with van der Waals surface area (Å²) in [6.45, 7) is 9.04. The van der Waals surface area contributed by atoms with E-state index in [1.54, 1.807) is 0 Å². The van der Waals surface area contributed by atoms with E-state index in [9.17, 15) is 9.59 Å². The van der Waals surface area contributed by atoms with Crippen LogP contribution in [0.4, 0.5) is 5.69 Å². The maximum atomic E-state index is 12.2. The third-order valence-electron chi connectivity index (χ3n) is 7.19. The Morgan fingerprint density at radius 2 is 1.47 bits per heavy atom. The first kappa shape index (κ1) is 29.7. The normalized spacial score (nSPS) is 15.8. The quantitative estimate of drug-likeness (QED) is 0.235. The molecule has 0 spiro atoms. The topological polar surface area (TPSA) is 89.1 Å². The first-order valence-electron chi connectivity index (χ1n) is 13.4. The van der Waals surface area contributed by atoms with E-state index in [0.717, 1.165) is 42.4 Å². The number of benzene rings is 2. The molecule has 0 saturated carbocycles. The molecule has 1 saturated heterocycles. The van der Waals surface area contributed by atoms with Gasteiger partial charge in [-0.05, 0) is 75.8 Å². The second-order valence-electron chi connectivity index (χ2n) is 11.0. The van der Waals surface area contributed by atoms with Crippen molar-refractivity contribution in [2.24, 2.45) is 0 Å². The van der Waals surface area contributed by atoms with Gasteiger partial charge in [-0.2, -0.15) is 0 Å². The lowest BCUT2D eigenvalue weighted by Crippen LogP contribution is -2.41. The summed E-state index contributed by atoms with van der Waals surface area (Å²) in [6, 6.07) is 15.4. The van der Waals surface area contributed by atoms with Crippen LogP contribution in [-0.4, -0.2) is 50.8 Å². The minimum absolute atomic E-state index is 0.0606. The molecule has 2 amide bonds. The van der Waals surface area contributed by atoms with Crippen LogP contribution in [0.15, 0.2) is 48.5 Å². The van der Waals surface area contributed by atoms with Crippen molar-refractivity contribution in [2.75, 3.05) is 25.5 Å². The molecule has 0 aromatic heterocycles. The van der Waals surface area contributed by atoms with E-state index in [2.05, 4.69) is 10.8 Å². The summed E-state index contributed by atoms with van der Waals surface area (Å²) < 4.78 is 12.2. The molecule has 2 N–H and O–H groups in total. The van der Waals surface area contributed by atoms with E-state index in [1.165, 1.54) is 0 Å². The number of carbonyl (C=O) groups excluding carboxylic acids is 2. The average Bonchev–Trinajstić information content (AvgIpc) is 3.10. The second kappa shape index (κ2) is 13.3. The van der Waals surface area contributed by atoms with Gasteiger partial charge in [-0.25, -0.2) is 5.48 Å². The molecule has 1 fully saturated rings. The van der Waals surface area contributed by atoms with Gasteiger partial charge in [0.25, 0.3) is 5.91 Å².